The summed E-state index contributed by atoms with van der Waals surface area (Å²) in [6.45, 7) is 3.18. The van der Waals surface area contributed by atoms with Crippen molar-refractivity contribution < 1.29 is 21.6 Å². The quantitative estimate of drug-likeness (QED) is 0.277. The Balaban J connectivity index is 1.35. The Bertz CT molecular complexity index is 2020. The highest BCUT2D eigenvalue weighted by molar-refractivity contribution is 7.91. The maximum absolute atomic E-state index is 13.3. The molecule has 0 amide bonds. The minimum Gasteiger partial charge on any atom is -0.369 e. The number of hydrogen-bond acceptors (Lipinski definition) is 8. The Hall–Kier alpha value is -4.50. The summed E-state index contributed by atoms with van der Waals surface area (Å²) in [7, 11) is -2.39. The Morgan fingerprint density at radius 2 is 1.95 bits per heavy atom. The number of anilines is 2. The number of hydrogen-bond donors (Lipinski definition) is 2. The van der Waals surface area contributed by atoms with Gasteiger partial charge in [0.15, 0.2) is 0 Å². The summed E-state index contributed by atoms with van der Waals surface area (Å²) >= 11 is 5.88. The average Bonchev–Trinajstić information content (AvgIpc) is 3.59. The molecule has 3 aromatic rings. The molecule has 222 valence electrons. The van der Waals surface area contributed by atoms with Gasteiger partial charge in [-0.15, -0.1) is 0 Å². The molecule has 2 N–H and O–H groups in total. The Morgan fingerprint density at radius 3 is 2.70 bits per heavy atom. The summed E-state index contributed by atoms with van der Waals surface area (Å²) in [5.41, 5.74) is 2.74. The summed E-state index contributed by atoms with van der Waals surface area (Å²) in [6.07, 6.45) is 1.19. The van der Waals surface area contributed by atoms with E-state index in [0.29, 0.717) is 30.7 Å². The van der Waals surface area contributed by atoms with Gasteiger partial charge in [0.2, 0.25) is 10.0 Å². The predicted molar refractivity (Wildman–Crippen MR) is 154 cm³/mol. The zero-order chi connectivity index (χ0) is 30.5. The molecule has 16 heteroatoms. The lowest BCUT2D eigenvalue weighted by Crippen LogP contribution is -2.18. The third kappa shape index (κ3) is 5.77. The van der Waals surface area contributed by atoms with E-state index in [0.717, 1.165) is 34.3 Å². The highest BCUT2D eigenvalue weighted by Gasteiger charge is 2.35. The van der Waals surface area contributed by atoms with Gasteiger partial charge in [-0.2, -0.15) is 23.3 Å². The fraction of sp³-hybridized carbons (Fsp3) is 0.222. The predicted octanol–water partition coefficient (Wildman–Crippen LogP) is 4.76. The van der Waals surface area contributed by atoms with Crippen molar-refractivity contribution in [3.63, 3.8) is 0 Å². The van der Waals surface area contributed by atoms with Gasteiger partial charge in [0, 0.05) is 49.3 Å². The second kappa shape index (κ2) is 10.6. The van der Waals surface area contributed by atoms with Gasteiger partial charge in [-0.1, -0.05) is 17.7 Å². The number of nitrogens with one attached hydrogen (secondary N) is 2. The number of benzene rings is 1. The van der Waals surface area contributed by atoms with Crippen LogP contribution in [-0.4, -0.2) is 44.3 Å². The van der Waals surface area contributed by atoms with Crippen LogP contribution in [0.15, 0.2) is 60.1 Å². The van der Waals surface area contributed by atoms with E-state index in [2.05, 4.69) is 35.1 Å². The molecular weight excluding hydrogens is 607 g/mol. The van der Waals surface area contributed by atoms with E-state index in [1.54, 1.807) is 48.5 Å². The van der Waals surface area contributed by atoms with Gasteiger partial charge in [0.1, 0.15) is 23.1 Å². The smallest absolute Gasteiger partial charge is 0.369 e. The van der Waals surface area contributed by atoms with Crippen molar-refractivity contribution in [3.8, 4) is 22.5 Å². The third-order valence-corrected chi connectivity index (χ3v) is 8.43. The molecule has 0 unspecified atom stereocenters. The highest BCUT2D eigenvalue weighted by atomic mass is 35.5. The van der Waals surface area contributed by atoms with E-state index in [9.17, 15) is 21.6 Å². The van der Waals surface area contributed by atoms with Crippen molar-refractivity contribution in [2.75, 3.05) is 16.6 Å². The molecule has 3 aliphatic heterocycles. The average molecular weight is 630 g/mol. The van der Waals surface area contributed by atoms with Gasteiger partial charge < -0.3 is 9.88 Å². The van der Waals surface area contributed by atoms with E-state index < -0.39 is 38.2 Å². The number of alkyl halides is 3. The number of rotatable bonds is 6. The SMILES string of the molecule is Cc1ccc(NS(=O)(=O)Cc2nccc(C(F)(F)F)c2Cl)cc1-c1cc2cnc(=Nc3cnn(C)c3)nc-2n2c1NCC2. The van der Waals surface area contributed by atoms with Crippen LogP contribution in [0, 0.1) is 6.92 Å². The van der Waals surface area contributed by atoms with Crippen LogP contribution in [0.5, 0.6) is 0 Å². The summed E-state index contributed by atoms with van der Waals surface area (Å²) in [6, 6.07) is 7.62. The molecule has 11 nitrogen and oxygen atoms in total. The molecule has 3 aliphatic rings. The van der Waals surface area contributed by atoms with Crippen LogP contribution in [0.25, 0.3) is 22.5 Å². The van der Waals surface area contributed by atoms with Crippen LogP contribution in [0.4, 0.5) is 30.4 Å². The molecule has 6 rings (SSSR count). The largest absolute Gasteiger partial charge is 0.417 e. The summed E-state index contributed by atoms with van der Waals surface area (Å²) in [5.74, 6) is 0.633. The third-order valence-electron chi connectivity index (χ3n) is 6.81. The van der Waals surface area contributed by atoms with Gasteiger partial charge in [0.05, 0.1) is 28.7 Å². The van der Waals surface area contributed by atoms with Crippen LogP contribution in [0.1, 0.15) is 16.8 Å². The maximum atomic E-state index is 13.3. The Kier molecular flexibility index (Phi) is 7.08. The van der Waals surface area contributed by atoms with Gasteiger partial charge >= 0.3 is 6.18 Å². The molecule has 0 saturated heterocycles. The first-order valence-corrected chi connectivity index (χ1v) is 14.9. The van der Waals surface area contributed by atoms with E-state index in [-0.39, 0.29) is 11.3 Å². The number of nitrogens with zero attached hydrogens (tertiary/aromatic N) is 7. The zero-order valence-electron chi connectivity index (χ0n) is 22.7. The molecule has 0 radical (unpaired) electrons. The maximum Gasteiger partial charge on any atom is 0.417 e. The van der Waals surface area contributed by atoms with Crippen molar-refractivity contribution in [1.29, 1.82) is 0 Å². The highest BCUT2D eigenvalue weighted by Crippen LogP contribution is 2.39. The first kappa shape index (κ1) is 28.6. The van der Waals surface area contributed by atoms with Gasteiger partial charge in [0.25, 0.3) is 5.62 Å². The topological polar surface area (TPSA) is 132 Å². The second-order valence-electron chi connectivity index (χ2n) is 9.93. The fourth-order valence-electron chi connectivity index (χ4n) is 4.88. The number of fused-ring (bicyclic) bond motifs is 3. The molecule has 0 fully saturated rings. The molecule has 0 atom stereocenters. The zero-order valence-corrected chi connectivity index (χ0v) is 24.3. The van der Waals surface area contributed by atoms with E-state index in [4.69, 9.17) is 11.6 Å². The van der Waals surface area contributed by atoms with Crippen molar-refractivity contribution in [2.24, 2.45) is 12.0 Å². The summed E-state index contributed by atoms with van der Waals surface area (Å²) < 4.78 is 71.9. The van der Waals surface area contributed by atoms with Gasteiger partial charge in [-0.3, -0.25) is 14.4 Å². The number of halogens is 4. The number of pyridine rings is 2. The molecular formula is C27H23ClF3N9O2S. The Morgan fingerprint density at radius 1 is 1.14 bits per heavy atom. The van der Waals surface area contributed by atoms with Crippen LogP contribution >= 0.6 is 11.6 Å². The van der Waals surface area contributed by atoms with Crippen LogP contribution in [0.2, 0.25) is 5.02 Å². The second-order valence-corrected chi connectivity index (χ2v) is 12.0. The lowest BCUT2D eigenvalue weighted by molar-refractivity contribution is -0.137. The molecule has 43 heavy (non-hydrogen) atoms. The first-order valence-electron chi connectivity index (χ1n) is 12.9. The van der Waals surface area contributed by atoms with Crippen molar-refractivity contribution in [2.45, 2.75) is 25.4 Å². The minimum atomic E-state index is -4.75. The molecule has 0 saturated carbocycles. The normalized spacial score (nSPS) is 13.8. The molecule has 0 aliphatic carbocycles. The number of sulfonamides is 1. The standard InChI is InChI=1S/C27H23ClF3N9O2S/c1-15-3-4-17(38-43(41,42)14-22-23(28)21(5-6-32-22)27(29,30)31)10-19(15)20-9-16-11-34-26(36-18-12-35-39(2)13-18)37-24(16)40-8-7-33-25(20)40/h3-6,9-13,33,38H,7-8,14H2,1-2H3. The summed E-state index contributed by atoms with van der Waals surface area (Å²) in [4.78, 5) is 17.3. The molecule has 0 bridgehead atoms. The number of aromatic nitrogens is 6. The van der Waals surface area contributed by atoms with Crippen molar-refractivity contribution in [3.05, 3.63) is 82.6 Å². The molecule has 5 heterocycles. The van der Waals surface area contributed by atoms with E-state index in [1.807, 2.05) is 17.6 Å². The van der Waals surface area contributed by atoms with E-state index >= 15 is 0 Å². The minimum absolute atomic E-state index is 0.224. The van der Waals surface area contributed by atoms with E-state index in [1.165, 1.54) is 0 Å². The first-order chi connectivity index (χ1) is 20.4. The van der Waals surface area contributed by atoms with Gasteiger partial charge in [-0.05, 0) is 42.3 Å². The van der Waals surface area contributed by atoms with Crippen LogP contribution in [-0.2, 0) is 35.5 Å². The molecule has 2 aromatic heterocycles. The molecule has 0 spiro atoms. The monoisotopic (exact) mass is 629 g/mol. The summed E-state index contributed by atoms with van der Waals surface area (Å²) in [5, 5.41) is 6.75. The lowest BCUT2D eigenvalue weighted by Gasteiger charge is -2.19. The van der Waals surface area contributed by atoms with Crippen molar-refractivity contribution >= 4 is 38.8 Å². The van der Waals surface area contributed by atoms with Gasteiger partial charge in [-0.25, -0.2) is 18.4 Å². The van der Waals surface area contributed by atoms with Crippen LogP contribution in [0.3, 0.4) is 0 Å². The molecule has 1 aromatic carbocycles. The van der Waals surface area contributed by atoms with Crippen molar-refractivity contribution in [1.82, 2.24) is 29.3 Å². The lowest BCUT2D eigenvalue weighted by atomic mass is 9.98. The number of aryl methyl sites for hydroxylation is 2. The van der Waals surface area contributed by atoms with Crippen LogP contribution < -0.4 is 15.7 Å². The fourth-order valence-corrected chi connectivity index (χ4v) is 6.38. The Labute approximate surface area is 248 Å².